The van der Waals surface area contributed by atoms with Crippen molar-refractivity contribution in [3.05, 3.63) is 40.7 Å². The number of hydrogen-bond donors (Lipinski definition) is 1. The minimum Gasteiger partial charge on any atom is -0.396 e. The highest BCUT2D eigenvalue weighted by molar-refractivity contribution is 5.99. The summed E-state index contributed by atoms with van der Waals surface area (Å²) >= 11 is 0. The second kappa shape index (κ2) is 5.65. The summed E-state index contributed by atoms with van der Waals surface area (Å²) in [5, 5.41) is 21.6. The fourth-order valence-corrected chi connectivity index (χ4v) is 3.06. The van der Waals surface area contributed by atoms with Crippen LogP contribution in [-0.2, 0) is 0 Å². The van der Waals surface area contributed by atoms with Crippen LogP contribution in [0.1, 0.15) is 12.8 Å². The van der Waals surface area contributed by atoms with E-state index in [1.165, 1.54) is 0 Å². The number of benzene rings is 1. The average molecular weight is 287 g/mol. The first-order valence-electron chi connectivity index (χ1n) is 7.07. The van der Waals surface area contributed by atoms with Crippen LogP contribution in [0.3, 0.4) is 0 Å². The van der Waals surface area contributed by atoms with Crippen LogP contribution >= 0.6 is 0 Å². The van der Waals surface area contributed by atoms with Crippen LogP contribution in [0.15, 0.2) is 30.6 Å². The zero-order chi connectivity index (χ0) is 14.8. The smallest absolute Gasteiger partial charge is 0.278 e. The van der Waals surface area contributed by atoms with Gasteiger partial charge in [-0.1, -0.05) is 0 Å². The number of non-ortho nitro benzene ring substituents is 1. The van der Waals surface area contributed by atoms with Gasteiger partial charge < -0.3 is 10.0 Å². The first kappa shape index (κ1) is 13.8. The summed E-state index contributed by atoms with van der Waals surface area (Å²) in [7, 11) is 0. The summed E-state index contributed by atoms with van der Waals surface area (Å²) in [6.07, 6.45) is 5.07. The second-order valence-corrected chi connectivity index (χ2v) is 5.40. The fraction of sp³-hybridized carbons (Fsp3) is 0.400. The Morgan fingerprint density at radius 3 is 3.00 bits per heavy atom. The van der Waals surface area contributed by atoms with Gasteiger partial charge in [-0.05, 0) is 30.9 Å². The van der Waals surface area contributed by atoms with Gasteiger partial charge in [0, 0.05) is 49.2 Å². The van der Waals surface area contributed by atoms with E-state index in [9.17, 15) is 10.1 Å². The van der Waals surface area contributed by atoms with E-state index in [4.69, 9.17) is 5.11 Å². The topological polar surface area (TPSA) is 79.5 Å². The average Bonchev–Trinajstić information content (AvgIpc) is 2.94. The van der Waals surface area contributed by atoms with Gasteiger partial charge >= 0.3 is 0 Å². The Morgan fingerprint density at radius 1 is 1.38 bits per heavy atom. The Labute approximate surface area is 122 Å². The molecule has 0 amide bonds. The maximum Gasteiger partial charge on any atom is 0.278 e. The highest BCUT2D eigenvalue weighted by atomic mass is 16.6. The Balaban J connectivity index is 2.01. The van der Waals surface area contributed by atoms with E-state index in [0.29, 0.717) is 11.3 Å². The molecule has 1 aliphatic heterocycles. The molecule has 6 nitrogen and oxygen atoms in total. The summed E-state index contributed by atoms with van der Waals surface area (Å²) in [6, 6.07) is 5.21. The minimum atomic E-state index is -0.369. The molecule has 1 fully saturated rings. The molecule has 2 aromatic rings. The summed E-state index contributed by atoms with van der Waals surface area (Å²) in [6.45, 7) is 2.01. The Hall–Kier alpha value is -2.21. The van der Waals surface area contributed by atoms with Crippen molar-refractivity contribution in [2.24, 2.45) is 5.92 Å². The van der Waals surface area contributed by atoms with E-state index < -0.39 is 0 Å². The minimum absolute atomic E-state index is 0.0907. The van der Waals surface area contributed by atoms with E-state index in [0.717, 1.165) is 37.0 Å². The third-order valence-electron chi connectivity index (χ3n) is 4.13. The third kappa shape index (κ3) is 2.54. The van der Waals surface area contributed by atoms with Crippen LogP contribution in [-0.4, -0.2) is 34.7 Å². The standard InChI is InChI=1S/C15H17N3O3/c19-8-5-11-4-7-17(10-11)14-1-2-15(18(20)21)13-9-16-6-3-12(13)14/h1-3,6,9,11,19H,4-5,7-8,10H2. The van der Waals surface area contributed by atoms with Gasteiger partial charge in [-0.15, -0.1) is 0 Å². The van der Waals surface area contributed by atoms with Crippen molar-refractivity contribution in [2.45, 2.75) is 12.8 Å². The number of rotatable bonds is 4. The van der Waals surface area contributed by atoms with E-state index in [1.54, 1.807) is 18.5 Å². The zero-order valence-electron chi connectivity index (χ0n) is 11.6. The molecule has 6 heteroatoms. The number of anilines is 1. The van der Waals surface area contributed by atoms with Gasteiger partial charge in [0.25, 0.3) is 5.69 Å². The molecule has 1 atom stereocenters. The van der Waals surface area contributed by atoms with Gasteiger partial charge in [0.2, 0.25) is 0 Å². The largest absolute Gasteiger partial charge is 0.396 e. The molecule has 1 aromatic heterocycles. The second-order valence-electron chi connectivity index (χ2n) is 5.40. The Bertz CT molecular complexity index is 674. The molecule has 2 heterocycles. The third-order valence-corrected chi connectivity index (χ3v) is 4.13. The number of nitrogens with zero attached hydrogens (tertiary/aromatic N) is 3. The van der Waals surface area contributed by atoms with Crippen LogP contribution in [0.5, 0.6) is 0 Å². The lowest BCUT2D eigenvalue weighted by Crippen LogP contribution is -2.20. The highest BCUT2D eigenvalue weighted by Crippen LogP contribution is 2.35. The lowest BCUT2D eigenvalue weighted by Gasteiger charge is -2.20. The maximum absolute atomic E-state index is 11.1. The van der Waals surface area contributed by atoms with Crippen molar-refractivity contribution in [3.8, 4) is 0 Å². The molecule has 3 rings (SSSR count). The molecule has 0 bridgehead atoms. The molecule has 1 N–H and O–H groups in total. The van der Waals surface area contributed by atoms with Crippen LogP contribution in [0.25, 0.3) is 10.8 Å². The van der Waals surface area contributed by atoms with Gasteiger partial charge in [-0.25, -0.2) is 0 Å². The van der Waals surface area contributed by atoms with Crippen molar-refractivity contribution >= 4 is 22.1 Å². The molecule has 1 aromatic carbocycles. The number of aromatic nitrogens is 1. The fourth-order valence-electron chi connectivity index (χ4n) is 3.06. The van der Waals surface area contributed by atoms with Gasteiger partial charge in [0.05, 0.1) is 10.3 Å². The molecule has 21 heavy (non-hydrogen) atoms. The predicted molar refractivity (Wildman–Crippen MR) is 80.4 cm³/mol. The quantitative estimate of drug-likeness (QED) is 0.689. The molecule has 0 radical (unpaired) electrons. The lowest BCUT2D eigenvalue weighted by atomic mass is 10.1. The predicted octanol–water partition coefficient (Wildman–Crippen LogP) is 2.35. The highest BCUT2D eigenvalue weighted by Gasteiger charge is 2.25. The van der Waals surface area contributed by atoms with Gasteiger partial charge in [-0.2, -0.15) is 0 Å². The van der Waals surface area contributed by atoms with Crippen molar-refractivity contribution in [3.63, 3.8) is 0 Å². The molecule has 1 aliphatic rings. The van der Waals surface area contributed by atoms with Gasteiger partial charge in [0.1, 0.15) is 0 Å². The monoisotopic (exact) mass is 287 g/mol. The van der Waals surface area contributed by atoms with Crippen molar-refractivity contribution < 1.29 is 10.0 Å². The number of fused-ring (bicyclic) bond motifs is 1. The zero-order valence-corrected chi connectivity index (χ0v) is 11.6. The number of aliphatic hydroxyl groups excluding tert-OH is 1. The number of nitro groups is 1. The van der Waals surface area contributed by atoms with Gasteiger partial charge in [0.15, 0.2) is 0 Å². The van der Waals surface area contributed by atoms with Gasteiger partial charge in [-0.3, -0.25) is 15.1 Å². The number of hydrogen-bond acceptors (Lipinski definition) is 5. The molecular formula is C15H17N3O3. The maximum atomic E-state index is 11.1. The molecule has 1 saturated heterocycles. The molecule has 110 valence electrons. The number of aliphatic hydroxyl groups is 1. The molecule has 0 aliphatic carbocycles. The Morgan fingerprint density at radius 2 is 2.24 bits per heavy atom. The van der Waals surface area contributed by atoms with Crippen molar-refractivity contribution in [1.29, 1.82) is 0 Å². The summed E-state index contributed by atoms with van der Waals surface area (Å²) in [5.74, 6) is 0.488. The van der Waals surface area contributed by atoms with Crippen LogP contribution in [0.2, 0.25) is 0 Å². The molecule has 0 spiro atoms. The first-order chi connectivity index (χ1) is 10.2. The first-order valence-corrected chi connectivity index (χ1v) is 7.07. The summed E-state index contributed by atoms with van der Waals surface area (Å²) < 4.78 is 0. The van der Waals surface area contributed by atoms with Crippen LogP contribution in [0, 0.1) is 16.0 Å². The van der Waals surface area contributed by atoms with E-state index >= 15 is 0 Å². The van der Waals surface area contributed by atoms with Crippen molar-refractivity contribution in [2.75, 3.05) is 24.6 Å². The molecule has 1 unspecified atom stereocenters. The van der Waals surface area contributed by atoms with E-state index in [-0.39, 0.29) is 17.2 Å². The summed E-state index contributed by atoms with van der Waals surface area (Å²) in [5.41, 5.74) is 1.10. The molecule has 0 saturated carbocycles. The Kier molecular flexibility index (Phi) is 3.70. The number of pyridine rings is 1. The normalized spacial score (nSPS) is 18.3. The van der Waals surface area contributed by atoms with E-state index in [2.05, 4.69) is 9.88 Å². The van der Waals surface area contributed by atoms with Crippen molar-refractivity contribution in [1.82, 2.24) is 4.98 Å². The summed E-state index contributed by atoms with van der Waals surface area (Å²) in [4.78, 5) is 17.0. The lowest BCUT2D eigenvalue weighted by molar-refractivity contribution is -0.383. The molecular weight excluding hydrogens is 270 g/mol. The van der Waals surface area contributed by atoms with Crippen LogP contribution < -0.4 is 4.90 Å². The number of nitro benzene ring substituents is 1. The van der Waals surface area contributed by atoms with E-state index in [1.807, 2.05) is 12.1 Å². The SMILES string of the molecule is O=[N+]([O-])c1ccc(N2CCC(CCO)C2)c2ccncc12. The van der Waals surface area contributed by atoms with Crippen LogP contribution in [0.4, 0.5) is 11.4 Å².